The molecule has 0 aromatic carbocycles. The Balaban J connectivity index is 2.70. The molecule has 1 fully saturated rings. The van der Waals surface area contributed by atoms with Gasteiger partial charge in [0, 0.05) is 13.1 Å². The van der Waals surface area contributed by atoms with Crippen LogP contribution in [0.1, 0.15) is 0 Å². The molecule has 0 spiro atoms. The molecule has 0 aromatic rings. The lowest BCUT2D eigenvalue weighted by atomic mass is 10.2. The van der Waals surface area contributed by atoms with Crippen LogP contribution in [-0.4, -0.2) is 61.0 Å². The topological polar surface area (TPSA) is 92.9 Å². The van der Waals surface area contributed by atoms with Crippen LogP contribution in [0.5, 0.6) is 0 Å². The molecule has 0 aromatic heterocycles. The maximum atomic E-state index is 11.2. The van der Waals surface area contributed by atoms with Gasteiger partial charge in [0.1, 0.15) is 0 Å². The second-order valence-corrected chi connectivity index (χ2v) is 3.49. The van der Waals surface area contributed by atoms with Crippen molar-refractivity contribution in [3.8, 4) is 0 Å². The van der Waals surface area contributed by atoms with Crippen molar-refractivity contribution in [1.29, 1.82) is 0 Å². The highest BCUT2D eigenvalue weighted by atomic mass is 16.6. The maximum Gasteiger partial charge on any atom is 0.418 e. The molecule has 1 unspecified atom stereocenters. The lowest BCUT2D eigenvalue weighted by molar-refractivity contribution is -0.139. The van der Waals surface area contributed by atoms with E-state index >= 15 is 0 Å². The second-order valence-electron chi connectivity index (χ2n) is 3.49. The number of nitrogens with two attached hydrogens (primary N) is 1. The van der Waals surface area contributed by atoms with Crippen LogP contribution in [0, 0.1) is 0 Å². The minimum Gasteiger partial charge on any atom is -0.374 e. The van der Waals surface area contributed by atoms with E-state index in [0.717, 1.165) is 4.90 Å². The van der Waals surface area contributed by atoms with Crippen molar-refractivity contribution in [2.45, 2.75) is 6.04 Å². The highest BCUT2D eigenvalue weighted by Crippen LogP contribution is 2.13. The summed E-state index contributed by atoms with van der Waals surface area (Å²) in [6.07, 6.45) is -0.814. The molecule has 2 N–H and O–H groups in total. The van der Waals surface area contributed by atoms with Gasteiger partial charge in [0.15, 0.2) is 0 Å². The largest absolute Gasteiger partial charge is 0.418 e. The number of carbonyl (C=O) groups is 3. The molecule has 15 heavy (non-hydrogen) atoms. The Morgan fingerprint density at radius 3 is 2.60 bits per heavy atom. The highest BCUT2D eigenvalue weighted by Gasteiger charge is 2.44. The normalized spacial score (nSPS) is 21.0. The molecule has 1 aliphatic heterocycles. The van der Waals surface area contributed by atoms with Gasteiger partial charge in [0.05, 0.1) is 0 Å². The number of nitrogens with zero attached hydrogens (tertiary/aromatic N) is 2. The van der Waals surface area contributed by atoms with E-state index in [0.29, 0.717) is 6.54 Å². The van der Waals surface area contributed by atoms with Gasteiger partial charge in [-0.2, -0.15) is 0 Å². The van der Waals surface area contributed by atoms with Gasteiger partial charge in [0.25, 0.3) is 5.91 Å². The lowest BCUT2D eigenvalue weighted by Crippen LogP contribution is -2.47. The van der Waals surface area contributed by atoms with E-state index in [2.05, 4.69) is 4.74 Å². The molecule has 7 nitrogen and oxygen atoms in total. The first-order valence-electron chi connectivity index (χ1n) is 4.40. The van der Waals surface area contributed by atoms with Crippen LogP contribution >= 0.6 is 0 Å². The van der Waals surface area contributed by atoms with Gasteiger partial charge in [-0.05, 0) is 14.1 Å². The molecule has 0 saturated carbocycles. The standard InChI is InChI=1S/C8H13N3O4/c1-10(2)3-4-11-5(6(9)12)7(13)15-8(11)14/h5H,3-4H2,1-2H3,(H2,9,12). The second kappa shape index (κ2) is 4.26. The number of rotatable bonds is 4. The number of hydrogen-bond donors (Lipinski definition) is 1. The van der Waals surface area contributed by atoms with Gasteiger partial charge in [-0.3, -0.25) is 9.69 Å². The molecule has 7 heteroatoms. The van der Waals surface area contributed by atoms with Crippen molar-refractivity contribution in [1.82, 2.24) is 9.80 Å². The molecule has 0 bridgehead atoms. The Morgan fingerprint density at radius 2 is 2.13 bits per heavy atom. The van der Waals surface area contributed by atoms with E-state index in [1.165, 1.54) is 0 Å². The van der Waals surface area contributed by atoms with Crippen LogP contribution in [0.25, 0.3) is 0 Å². The summed E-state index contributed by atoms with van der Waals surface area (Å²) in [4.78, 5) is 36.0. The van der Waals surface area contributed by atoms with Crippen LogP contribution in [0.15, 0.2) is 0 Å². The van der Waals surface area contributed by atoms with Crippen LogP contribution in [0.4, 0.5) is 4.79 Å². The molecule has 0 radical (unpaired) electrons. The average molecular weight is 215 g/mol. The number of primary amides is 1. The first kappa shape index (κ1) is 11.4. The van der Waals surface area contributed by atoms with Gasteiger partial charge < -0.3 is 15.4 Å². The first-order valence-corrected chi connectivity index (χ1v) is 4.40. The summed E-state index contributed by atoms with van der Waals surface area (Å²) < 4.78 is 4.31. The van der Waals surface area contributed by atoms with Crippen molar-refractivity contribution in [3.63, 3.8) is 0 Å². The quantitative estimate of drug-likeness (QED) is 0.449. The molecule has 1 saturated heterocycles. The monoisotopic (exact) mass is 215 g/mol. The lowest BCUT2D eigenvalue weighted by Gasteiger charge is -2.19. The third-order valence-corrected chi connectivity index (χ3v) is 2.01. The minimum absolute atomic E-state index is 0.227. The summed E-state index contributed by atoms with van der Waals surface area (Å²) in [6.45, 7) is 0.747. The van der Waals surface area contributed by atoms with Crippen LogP contribution < -0.4 is 5.73 Å². The van der Waals surface area contributed by atoms with Crippen LogP contribution in [0.3, 0.4) is 0 Å². The van der Waals surface area contributed by atoms with Crippen molar-refractivity contribution >= 4 is 18.0 Å². The maximum absolute atomic E-state index is 11.2. The molecule has 1 rings (SSSR count). The SMILES string of the molecule is CN(C)CCN1C(=O)OC(=O)C1C(N)=O. The predicted molar refractivity (Wildman–Crippen MR) is 49.7 cm³/mol. The fraction of sp³-hybridized carbons (Fsp3) is 0.625. The number of cyclic esters (lactones) is 2. The van der Waals surface area contributed by atoms with Gasteiger partial charge >= 0.3 is 12.1 Å². The molecule has 1 heterocycles. The van der Waals surface area contributed by atoms with Crippen molar-refractivity contribution in [3.05, 3.63) is 0 Å². The number of carbonyl (C=O) groups excluding carboxylic acids is 3. The van der Waals surface area contributed by atoms with E-state index in [4.69, 9.17) is 5.73 Å². The summed E-state index contributed by atoms with van der Waals surface area (Å²) in [5.41, 5.74) is 5.00. The first-order chi connectivity index (χ1) is 6.93. The van der Waals surface area contributed by atoms with E-state index < -0.39 is 24.0 Å². The molecular formula is C8H13N3O4. The van der Waals surface area contributed by atoms with Gasteiger partial charge in [-0.1, -0.05) is 0 Å². The van der Waals surface area contributed by atoms with E-state index in [-0.39, 0.29) is 6.54 Å². The Labute approximate surface area is 86.7 Å². The third kappa shape index (κ3) is 2.44. The smallest absolute Gasteiger partial charge is 0.374 e. The summed E-state index contributed by atoms with van der Waals surface area (Å²) >= 11 is 0. The van der Waals surface area contributed by atoms with E-state index in [1.807, 2.05) is 19.0 Å². The number of esters is 1. The summed E-state index contributed by atoms with van der Waals surface area (Å²) in [6, 6.07) is -1.28. The molecular weight excluding hydrogens is 202 g/mol. The van der Waals surface area contributed by atoms with Crippen molar-refractivity contribution < 1.29 is 19.1 Å². The van der Waals surface area contributed by atoms with E-state index in [9.17, 15) is 14.4 Å². The molecule has 1 aliphatic rings. The number of ether oxygens (including phenoxy) is 1. The Kier molecular flexibility index (Phi) is 3.25. The number of likely N-dealkylation sites (N-methyl/N-ethyl adjacent to an activating group) is 1. The van der Waals surface area contributed by atoms with E-state index in [1.54, 1.807) is 0 Å². The zero-order chi connectivity index (χ0) is 11.6. The Bertz CT molecular complexity index is 302. The fourth-order valence-electron chi connectivity index (χ4n) is 1.23. The summed E-state index contributed by atoms with van der Waals surface area (Å²) in [5.74, 6) is -1.77. The van der Waals surface area contributed by atoms with Gasteiger partial charge in [0.2, 0.25) is 6.04 Å². The van der Waals surface area contributed by atoms with Crippen molar-refractivity contribution in [2.75, 3.05) is 27.2 Å². The van der Waals surface area contributed by atoms with Crippen LogP contribution in [0.2, 0.25) is 0 Å². The predicted octanol–water partition coefficient (Wildman–Crippen LogP) is -1.62. The average Bonchev–Trinajstić information content (AvgIpc) is 2.37. The molecule has 0 aliphatic carbocycles. The summed E-state index contributed by atoms with van der Waals surface area (Å²) in [5, 5.41) is 0. The Hall–Kier alpha value is -1.63. The molecule has 1 atom stereocenters. The van der Waals surface area contributed by atoms with Gasteiger partial charge in [-0.25, -0.2) is 9.59 Å². The third-order valence-electron chi connectivity index (χ3n) is 2.01. The Morgan fingerprint density at radius 1 is 1.53 bits per heavy atom. The number of hydrogen-bond acceptors (Lipinski definition) is 5. The fourth-order valence-corrected chi connectivity index (χ4v) is 1.23. The molecule has 84 valence electrons. The number of amides is 2. The zero-order valence-electron chi connectivity index (χ0n) is 8.60. The molecule has 2 amide bonds. The highest BCUT2D eigenvalue weighted by molar-refractivity contribution is 6.10. The van der Waals surface area contributed by atoms with Gasteiger partial charge in [-0.15, -0.1) is 0 Å². The van der Waals surface area contributed by atoms with Crippen molar-refractivity contribution in [2.24, 2.45) is 5.73 Å². The zero-order valence-corrected chi connectivity index (χ0v) is 8.60. The minimum atomic E-state index is -1.28. The van der Waals surface area contributed by atoms with Crippen LogP contribution in [-0.2, 0) is 14.3 Å². The summed E-state index contributed by atoms with van der Waals surface area (Å²) in [7, 11) is 3.62.